The number of urea groups is 1. The maximum absolute atomic E-state index is 12.9. The van der Waals surface area contributed by atoms with Crippen LogP contribution in [0.25, 0.3) is 0 Å². The molecule has 2 aliphatic rings. The standard InChI is InChI=1S/C29H35N3O3/c1-23-10-8-9-13-25(23)16-19-30-27(33)31-29(26-14-6-3-7-15-26)17-20-32(21-18-29)28(34)35-22-24-11-4-2-5-12-24/h2-15,23,25H,16-22H2,1H3,(H2,30,31,33). The second kappa shape index (κ2) is 11.7. The lowest BCUT2D eigenvalue weighted by atomic mass is 9.81. The Balaban J connectivity index is 1.33. The van der Waals surface area contributed by atoms with Crippen LogP contribution in [0.15, 0.2) is 85.0 Å². The molecule has 2 aromatic rings. The molecule has 35 heavy (non-hydrogen) atoms. The molecule has 0 bridgehead atoms. The van der Waals surface area contributed by atoms with Gasteiger partial charge in [0.1, 0.15) is 6.61 Å². The van der Waals surface area contributed by atoms with Gasteiger partial charge >= 0.3 is 12.1 Å². The molecular weight excluding hydrogens is 438 g/mol. The van der Waals surface area contributed by atoms with E-state index in [4.69, 9.17) is 4.74 Å². The number of carbonyl (C=O) groups is 2. The first-order chi connectivity index (χ1) is 17.1. The largest absolute Gasteiger partial charge is 0.445 e. The highest BCUT2D eigenvalue weighted by Gasteiger charge is 2.39. The van der Waals surface area contributed by atoms with Crippen molar-refractivity contribution in [2.45, 2.75) is 38.3 Å². The van der Waals surface area contributed by atoms with Crippen molar-refractivity contribution in [3.05, 3.63) is 96.1 Å². The van der Waals surface area contributed by atoms with Gasteiger partial charge in [0.25, 0.3) is 0 Å². The quantitative estimate of drug-likeness (QED) is 0.567. The molecule has 6 nitrogen and oxygen atoms in total. The maximum atomic E-state index is 12.9. The molecule has 4 rings (SSSR count). The SMILES string of the molecule is CC1C=CC=CC1CCNC(=O)NC1(c2ccccc2)CCN(C(=O)OCc2ccccc2)CC1. The number of rotatable bonds is 7. The van der Waals surface area contributed by atoms with Crippen molar-refractivity contribution in [1.82, 2.24) is 15.5 Å². The number of hydrogen-bond acceptors (Lipinski definition) is 3. The lowest BCUT2D eigenvalue weighted by molar-refractivity contribution is 0.0734. The molecule has 1 aliphatic heterocycles. The second-order valence-electron chi connectivity index (χ2n) is 9.44. The summed E-state index contributed by atoms with van der Waals surface area (Å²) in [4.78, 5) is 27.3. The minimum absolute atomic E-state index is 0.169. The van der Waals surface area contributed by atoms with E-state index in [1.807, 2.05) is 60.7 Å². The van der Waals surface area contributed by atoms with E-state index in [0.717, 1.165) is 17.5 Å². The normalized spacial score (nSPS) is 20.8. The van der Waals surface area contributed by atoms with Gasteiger partial charge in [0.15, 0.2) is 0 Å². The fourth-order valence-electron chi connectivity index (χ4n) is 4.86. The minimum atomic E-state index is -0.525. The van der Waals surface area contributed by atoms with Crippen molar-refractivity contribution in [2.24, 2.45) is 11.8 Å². The van der Waals surface area contributed by atoms with Gasteiger partial charge in [-0.3, -0.25) is 0 Å². The van der Waals surface area contributed by atoms with Crippen molar-refractivity contribution in [2.75, 3.05) is 19.6 Å². The zero-order valence-corrected chi connectivity index (χ0v) is 20.4. The van der Waals surface area contributed by atoms with E-state index in [-0.39, 0.29) is 18.7 Å². The van der Waals surface area contributed by atoms with Crippen LogP contribution < -0.4 is 10.6 Å². The Morgan fingerprint density at radius 2 is 1.63 bits per heavy atom. The third-order valence-electron chi connectivity index (χ3n) is 7.08. The van der Waals surface area contributed by atoms with Crippen LogP contribution in [0.5, 0.6) is 0 Å². The molecule has 6 heteroatoms. The summed E-state index contributed by atoms with van der Waals surface area (Å²) in [6, 6.07) is 19.5. The van der Waals surface area contributed by atoms with Crippen LogP contribution in [0.2, 0.25) is 0 Å². The summed E-state index contributed by atoms with van der Waals surface area (Å²) in [5, 5.41) is 6.31. The summed E-state index contributed by atoms with van der Waals surface area (Å²) in [6.07, 6.45) is 10.4. The number of nitrogens with one attached hydrogen (secondary N) is 2. The van der Waals surface area contributed by atoms with E-state index in [1.165, 1.54) is 0 Å². The first-order valence-electron chi connectivity index (χ1n) is 12.5. The molecule has 0 radical (unpaired) electrons. The van der Waals surface area contributed by atoms with Crippen LogP contribution in [-0.2, 0) is 16.9 Å². The van der Waals surface area contributed by atoms with Gasteiger partial charge in [-0.1, -0.05) is 91.9 Å². The topological polar surface area (TPSA) is 70.7 Å². The van der Waals surface area contributed by atoms with Crippen LogP contribution in [-0.4, -0.2) is 36.7 Å². The van der Waals surface area contributed by atoms with Gasteiger partial charge < -0.3 is 20.3 Å². The summed E-state index contributed by atoms with van der Waals surface area (Å²) >= 11 is 0. The highest BCUT2D eigenvalue weighted by atomic mass is 16.6. The van der Waals surface area contributed by atoms with Gasteiger partial charge in [-0.25, -0.2) is 9.59 Å². The molecule has 2 unspecified atom stereocenters. The number of nitrogens with zero attached hydrogens (tertiary/aromatic N) is 1. The molecule has 0 aromatic heterocycles. The number of benzene rings is 2. The molecule has 1 fully saturated rings. The van der Waals surface area contributed by atoms with Crippen molar-refractivity contribution >= 4 is 12.1 Å². The molecule has 2 aromatic carbocycles. The van der Waals surface area contributed by atoms with E-state index in [2.05, 4.69) is 41.9 Å². The van der Waals surface area contributed by atoms with Gasteiger partial charge in [0.2, 0.25) is 0 Å². The summed E-state index contributed by atoms with van der Waals surface area (Å²) in [6.45, 7) is 4.10. The summed E-state index contributed by atoms with van der Waals surface area (Å²) < 4.78 is 5.52. The highest BCUT2D eigenvalue weighted by molar-refractivity contribution is 5.75. The lowest BCUT2D eigenvalue weighted by Gasteiger charge is -2.42. The Labute approximate surface area is 208 Å². The first-order valence-corrected chi connectivity index (χ1v) is 12.5. The number of carbonyl (C=O) groups excluding carboxylic acids is 2. The van der Waals surface area contributed by atoms with Gasteiger partial charge in [0.05, 0.1) is 5.54 Å². The third kappa shape index (κ3) is 6.53. The molecule has 1 heterocycles. The van der Waals surface area contributed by atoms with Gasteiger partial charge in [0, 0.05) is 19.6 Å². The summed E-state index contributed by atoms with van der Waals surface area (Å²) in [5.41, 5.74) is 1.49. The van der Waals surface area contributed by atoms with Crippen molar-refractivity contribution in [1.29, 1.82) is 0 Å². The van der Waals surface area contributed by atoms with Gasteiger partial charge in [-0.05, 0) is 42.2 Å². The fraction of sp³-hybridized carbons (Fsp3) is 0.379. The molecule has 1 saturated heterocycles. The third-order valence-corrected chi connectivity index (χ3v) is 7.08. The Kier molecular flexibility index (Phi) is 8.24. The molecule has 184 valence electrons. The smallest absolute Gasteiger partial charge is 0.410 e. The average Bonchev–Trinajstić information content (AvgIpc) is 2.90. The molecule has 2 N–H and O–H groups in total. The minimum Gasteiger partial charge on any atom is -0.445 e. The summed E-state index contributed by atoms with van der Waals surface area (Å²) in [7, 11) is 0. The predicted octanol–water partition coefficient (Wildman–Crippen LogP) is 5.38. The molecule has 1 aliphatic carbocycles. The van der Waals surface area contributed by atoms with E-state index in [0.29, 0.717) is 44.3 Å². The zero-order valence-electron chi connectivity index (χ0n) is 20.4. The molecule has 0 spiro atoms. The second-order valence-corrected chi connectivity index (χ2v) is 9.44. The van der Waals surface area contributed by atoms with Crippen LogP contribution in [0, 0.1) is 11.8 Å². The zero-order chi connectivity index (χ0) is 24.5. The van der Waals surface area contributed by atoms with Crippen LogP contribution in [0.4, 0.5) is 9.59 Å². The average molecular weight is 474 g/mol. The van der Waals surface area contributed by atoms with Gasteiger partial charge in [-0.2, -0.15) is 0 Å². The first kappa shape index (κ1) is 24.6. The highest BCUT2D eigenvalue weighted by Crippen LogP contribution is 2.33. The number of allylic oxidation sites excluding steroid dienone is 4. The van der Waals surface area contributed by atoms with Crippen LogP contribution in [0.3, 0.4) is 0 Å². The Hall–Kier alpha value is -3.54. The number of likely N-dealkylation sites (tertiary alicyclic amines) is 1. The van der Waals surface area contributed by atoms with Crippen molar-refractivity contribution in [3.8, 4) is 0 Å². The van der Waals surface area contributed by atoms with Crippen molar-refractivity contribution in [3.63, 3.8) is 0 Å². The molecule has 0 saturated carbocycles. The van der Waals surface area contributed by atoms with Crippen LogP contribution >= 0.6 is 0 Å². The Morgan fingerprint density at radius 1 is 0.971 bits per heavy atom. The number of hydrogen-bond donors (Lipinski definition) is 2. The van der Waals surface area contributed by atoms with E-state index in [1.54, 1.807) is 4.90 Å². The molecular formula is C29H35N3O3. The number of ether oxygens (including phenoxy) is 1. The number of amides is 3. The predicted molar refractivity (Wildman–Crippen MR) is 138 cm³/mol. The lowest BCUT2D eigenvalue weighted by Crippen LogP contribution is -2.56. The maximum Gasteiger partial charge on any atom is 0.410 e. The fourth-order valence-corrected chi connectivity index (χ4v) is 4.86. The summed E-state index contributed by atoms with van der Waals surface area (Å²) in [5.74, 6) is 0.917. The monoisotopic (exact) mass is 473 g/mol. The van der Waals surface area contributed by atoms with Crippen molar-refractivity contribution < 1.29 is 14.3 Å². The molecule has 2 atom stereocenters. The Bertz CT molecular complexity index is 1030. The van der Waals surface area contributed by atoms with Gasteiger partial charge in [-0.15, -0.1) is 0 Å². The van der Waals surface area contributed by atoms with E-state index in [9.17, 15) is 9.59 Å². The van der Waals surface area contributed by atoms with E-state index >= 15 is 0 Å². The van der Waals surface area contributed by atoms with E-state index < -0.39 is 5.54 Å². The van der Waals surface area contributed by atoms with Crippen LogP contribution in [0.1, 0.15) is 37.3 Å². The Morgan fingerprint density at radius 3 is 2.31 bits per heavy atom. The molecule has 3 amide bonds. The number of piperidine rings is 1.